The lowest BCUT2D eigenvalue weighted by Crippen LogP contribution is -2.30. The molecule has 576 valence electrons. The molecule has 17 nitrogen and oxygen atoms in total. The zero-order chi connectivity index (χ0) is 71.4. The van der Waals surface area contributed by atoms with Gasteiger partial charge in [0.05, 0.1) is 26.4 Å². The molecule has 0 rings (SSSR count). The Morgan fingerprint density at radius 2 is 0.474 bits per heavy atom. The number of hydrogen-bond acceptors (Lipinski definition) is 15. The highest BCUT2D eigenvalue weighted by atomic mass is 31.2. The van der Waals surface area contributed by atoms with Gasteiger partial charge in [0.15, 0.2) is 12.2 Å². The van der Waals surface area contributed by atoms with Gasteiger partial charge in [0.1, 0.15) is 19.3 Å². The minimum Gasteiger partial charge on any atom is -0.462 e. The number of aliphatic hydroxyl groups is 1. The van der Waals surface area contributed by atoms with E-state index in [1.165, 1.54) is 218 Å². The van der Waals surface area contributed by atoms with Crippen molar-refractivity contribution in [1.82, 2.24) is 0 Å². The summed E-state index contributed by atoms with van der Waals surface area (Å²) in [7, 11) is -9.91. The van der Waals surface area contributed by atoms with Gasteiger partial charge in [-0.25, -0.2) is 9.13 Å². The highest BCUT2D eigenvalue weighted by Gasteiger charge is 2.30. The van der Waals surface area contributed by atoms with E-state index < -0.39 is 97.5 Å². The van der Waals surface area contributed by atoms with Crippen LogP contribution in [0.25, 0.3) is 0 Å². The number of esters is 4. The predicted octanol–water partition coefficient (Wildman–Crippen LogP) is 23.1. The minimum absolute atomic E-state index is 0.107. The van der Waals surface area contributed by atoms with Crippen molar-refractivity contribution in [3.05, 3.63) is 0 Å². The molecule has 2 unspecified atom stereocenters. The third kappa shape index (κ3) is 72.2. The number of hydrogen-bond donors (Lipinski definition) is 3. The summed E-state index contributed by atoms with van der Waals surface area (Å²) in [5, 5.41) is 10.6. The van der Waals surface area contributed by atoms with Gasteiger partial charge in [-0.2, -0.15) is 0 Å². The zero-order valence-corrected chi connectivity index (χ0v) is 65.2. The second kappa shape index (κ2) is 69.8. The van der Waals surface area contributed by atoms with Crippen molar-refractivity contribution in [3.8, 4) is 0 Å². The van der Waals surface area contributed by atoms with Crippen LogP contribution in [0.5, 0.6) is 0 Å². The maximum Gasteiger partial charge on any atom is 0.472 e. The van der Waals surface area contributed by atoms with Gasteiger partial charge >= 0.3 is 39.5 Å². The topological polar surface area (TPSA) is 237 Å². The molecule has 0 spiro atoms. The average molecular weight is 1420 g/mol. The van der Waals surface area contributed by atoms with Gasteiger partial charge < -0.3 is 33.8 Å². The van der Waals surface area contributed by atoms with Crippen molar-refractivity contribution >= 4 is 39.5 Å². The first-order valence-corrected chi connectivity index (χ1v) is 43.5. The minimum atomic E-state index is -4.96. The van der Waals surface area contributed by atoms with E-state index in [2.05, 4.69) is 41.5 Å². The summed E-state index contributed by atoms with van der Waals surface area (Å²) in [5.74, 6) is -0.678. The lowest BCUT2D eigenvalue weighted by atomic mass is 10.0. The largest absolute Gasteiger partial charge is 0.472 e. The molecule has 19 heteroatoms. The molecule has 0 aromatic rings. The van der Waals surface area contributed by atoms with E-state index in [9.17, 15) is 43.2 Å². The van der Waals surface area contributed by atoms with E-state index in [1.54, 1.807) is 0 Å². The van der Waals surface area contributed by atoms with Gasteiger partial charge in [-0.3, -0.25) is 37.3 Å². The van der Waals surface area contributed by atoms with Gasteiger partial charge in [0.2, 0.25) is 0 Å². The first-order chi connectivity index (χ1) is 46.9. The Bertz CT molecular complexity index is 1870. The molecule has 0 aromatic carbocycles. The van der Waals surface area contributed by atoms with Gasteiger partial charge in [-0.15, -0.1) is 0 Å². The third-order valence-electron chi connectivity index (χ3n) is 18.2. The molecular formula is C78H152O17P2. The highest BCUT2D eigenvalue weighted by Crippen LogP contribution is 2.45. The Balaban J connectivity index is 5.18. The normalized spacial score (nSPS) is 14.0. The van der Waals surface area contributed by atoms with Crippen LogP contribution in [0.2, 0.25) is 0 Å². The van der Waals surface area contributed by atoms with Crippen molar-refractivity contribution in [2.75, 3.05) is 39.6 Å². The summed E-state index contributed by atoms with van der Waals surface area (Å²) >= 11 is 0. The predicted molar refractivity (Wildman–Crippen MR) is 395 cm³/mol. The Morgan fingerprint density at radius 3 is 0.701 bits per heavy atom. The summed E-state index contributed by atoms with van der Waals surface area (Å²) in [4.78, 5) is 72.8. The summed E-state index contributed by atoms with van der Waals surface area (Å²) in [6.07, 6.45) is 58.6. The van der Waals surface area contributed by atoms with Crippen LogP contribution in [-0.2, 0) is 65.4 Å². The molecular weight excluding hydrogens is 1270 g/mol. The van der Waals surface area contributed by atoms with Crippen LogP contribution in [0.3, 0.4) is 0 Å². The first-order valence-electron chi connectivity index (χ1n) is 40.5. The van der Waals surface area contributed by atoms with E-state index >= 15 is 0 Å². The molecule has 3 N–H and O–H groups in total. The van der Waals surface area contributed by atoms with Crippen molar-refractivity contribution in [3.63, 3.8) is 0 Å². The lowest BCUT2D eigenvalue weighted by molar-refractivity contribution is -0.161. The van der Waals surface area contributed by atoms with E-state index in [0.717, 1.165) is 102 Å². The average Bonchev–Trinajstić information content (AvgIpc) is 1.60. The number of carbonyl (C=O) groups excluding carboxylic acids is 4. The van der Waals surface area contributed by atoms with Gasteiger partial charge in [0.25, 0.3) is 0 Å². The molecule has 0 saturated heterocycles. The molecule has 0 aliphatic heterocycles. The Morgan fingerprint density at radius 1 is 0.278 bits per heavy atom. The number of unbranched alkanes of at least 4 members (excludes halogenated alkanes) is 47. The zero-order valence-electron chi connectivity index (χ0n) is 63.4. The summed E-state index contributed by atoms with van der Waals surface area (Å²) in [6.45, 7) is 9.52. The first kappa shape index (κ1) is 95.1. The van der Waals surface area contributed by atoms with Crippen LogP contribution in [0, 0.1) is 11.8 Å². The number of aliphatic hydroxyl groups excluding tert-OH is 1. The molecule has 5 atom stereocenters. The monoisotopic (exact) mass is 1420 g/mol. The van der Waals surface area contributed by atoms with Crippen molar-refractivity contribution in [2.24, 2.45) is 11.8 Å². The molecule has 97 heavy (non-hydrogen) atoms. The Labute approximate surface area is 594 Å². The standard InChI is InChI=1S/C78H152O17P2/c1-7-9-11-13-15-17-19-21-22-23-24-25-26-27-28-29-31-33-39-43-51-57-63-77(82)94-73(66-88-75(80)60-54-48-41-37-35-34-36-40-46-52-58-70(3)4)68-92-96(84,85)90-64-72(79)65-91-97(86,87)93-69-74(67-89-76(81)61-55-49-45-44-47-53-59-71(5)6)95-78(83)62-56-50-42-38-32-30-20-18-16-14-12-10-8-2/h70-74,79H,7-69H2,1-6H3,(H,84,85)(H,86,87)/t72-,73-,74-/m1/s1. The lowest BCUT2D eigenvalue weighted by Gasteiger charge is -2.21. The van der Waals surface area contributed by atoms with Crippen LogP contribution in [0.4, 0.5) is 0 Å². The molecule has 0 aliphatic rings. The molecule has 0 saturated carbocycles. The third-order valence-corrected chi connectivity index (χ3v) is 20.1. The Hall–Kier alpha value is -1.94. The molecule has 0 heterocycles. The van der Waals surface area contributed by atoms with Crippen LogP contribution in [0.1, 0.15) is 408 Å². The molecule has 0 aromatic heterocycles. The number of phosphoric acid groups is 2. The smallest absolute Gasteiger partial charge is 0.462 e. The van der Waals surface area contributed by atoms with Gasteiger partial charge in [0, 0.05) is 25.7 Å². The van der Waals surface area contributed by atoms with Crippen molar-refractivity contribution in [2.45, 2.75) is 426 Å². The Kier molecular flexibility index (Phi) is 68.4. The molecule has 0 bridgehead atoms. The quantitative estimate of drug-likeness (QED) is 0.0222. The number of ether oxygens (including phenoxy) is 4. The van der Waals surface area contributed by atoms with Crippen LogP contribution >= 0.6 is 15.6 Å². The molecule has 0 aliphatic carbocycles. The molecule has 0 amide bonds. The maximum absolute atomic E-state index is 13.1. The second-order valence-corrected chi connectivity index (χ2v) is 32.0. The van der Waals surface area contributed by atoms with Crippen molar-refractivity contribution in [1.29, 1.82) is 0 Å². The van der Waals surface area contributed by atoms with E-state index in [-0.39, 0.29) is 25.7 Å². The fraction of sp³-hybridized carbons (Fsp3) is 0.949. The van der Waals surface area contributed by atoms with Crippen LogP contribution in [0.15, 0.2) is 0 Å². The van der Waals surface area contributed by atoms with Gasteiger partial charge in [-0.05, 0) is 37.5 Å². The number of carbonyl (C=O) groups is 4. The summed E-state index contributed by atoms with van der Waals surface area (Å²) in [6, 6.07) is 0. The fourth-order valence-electron chi connectivity index (χ4n) is 12.0. The fourth-order valence-corrected chi connectivity index (χ4v) is 13.6. The number of rotatable bonds is 77. The van der Waals surface area contributed by atoms with Gasteiger partial charge in [-0.1, -0.05) is 356 Å². The summed E-state index contributed by atoms with van der Waals surface area (Å²) in [5.41, 5.74) is 0. The molecule has 0 fully saturated rings. The van der Waals surface area contributed by atoms with Crippen LogP contribution < -0.4 is 0 Å². The van der Waals surface area contributed by atoms with E-state index in [4.69, 9.17) is 37.0 Å². The summed E-state index contributed by atoms with van der Waals surface area (Å²) < 4.78 is 68.5. The maximum atomic E-state index is 13.1. The highest BCUT2D eigenvalue weighted by molar-refractivity contribution is 7.47. The SMILES string of the molecule is CCCCCCCCCCCCCCCCCCCCCCCCC(=O)O[C@H](COC(=O)CCCCCCCCCCCCC(C)C)COP(=O)(O)OC[C@@H](O)COP(=O)(O)OC[C@@H](COC(=O)CCCCCCCCC(C)C)OC(=O)CCCCCCCCCCCCCCC. The number of phosphoric ester groups is 2. The van der Waals surface area contributed by atoms with E-state index in [0.29, 0.717) is 31.6 Å². The van der Waals surface area contributed by atoms with E-state index in [1.807, 2.05) is 0 Å². The molecule has 0 radical (unpaired) electrons. The van der Waals surface area contributed by atoms with Crippen molar-refractivity contribution < 1.29 is 80.2 Å². The van der Waals surface area contributed by atoms with Crippen LogP contribution in [-0.4, -0.2) is 96.7 Å². The second-order valence-electron chi connectivity index (χ2n) is 29.1.